The Bertz CT molecular complexity index is 1520. The quantitative estimate of drug-likeness (QED) is 0.205. The van der Waals surface area contributed by atoms with E-state index < -0.39 is 0 Å². The first kappa shape index (κ1) is 24.1. The molecular weight excluding hydrogens is 478 g/mol. The van der Waals surface area contributed by atoms with Gasteiger partial charge in [-0.25, -0.2) is 0 Å². The number of hydrogen-bond donors (Lipinski definition) is 0. The molecule has 0 amide bonds. The Hall–Kier alpha value is -5.28. The maximum atomic E-state index is 6.21. The van der Waals surface area contributed by atoms with Crippen LogP contribution >= 0.6 is 0 Å². The van der Waals surface area contributed by atoms with Crippen LogP contribution in [-0.2, 0) is 0 Å². The van der Waals surface area contributed by atoms with Gasteiger partial charge < -0.3 is 14.4 Å². The zero-order valence-electron chi connectivity index (χ0n) is 21.4. The third-order valence-corrected chi connectivity index (χ3v) is 6.33. The van der Waals surface area contributed by atoms with E-state index in [9.17, 15) is 0 Å². The fraction of sp³-hybridized carbons (Fsp3) is 0. The van der Waals surface area contributed by atoms with Crippen LogP contribution in [0.2, 0.25) is 0 Å². The first-order valence-electron chi connectivity index (χ1n) is 12.9. The predicted molar refractivity (Wildman–Crippen MR) is 160 cm³/mol. The van der Waals surface area contributed by atoms with Gasteiger partial charge in [0.1, 0.15) is 23.0 Å². The second-order valence-corrected chi connectivity index (χ2v) is 9.08. The molecule has 0 N–H and O–H groups in total. The monoisotopic (exact) mass is 505 g/mol. The van der Waals surface area contributed by atoms with Gasteiger partial charge >= 0.3 is 0 Å². The van der Waals surface area contributed by atoms with E-state index in [1.54, 1.807) is 0 Å². The average molecular weight is 506 g/mol. The Labute approximate surface area is 229 Å². The molecule has 0 saturated carbocycles. The van der Waals surface area contributed by atoms with Crippen molar-refractivity contribution in [3.05, 3.63) is 164 Å². The molecule has 188 valence electrons. The van der Waals surface area contributed by atoms with E-state index in [1.807, 2.05) is 91.0 Å². The molecule has 6 aromatic carbocycles. The zero-order valence-corrected chi connectivity index (χ0v) is 21.4. The van der Waals surface area contributed by atoms with Crippen LogP contribution < -0.4 is 14.4 Å². The maximum Gasteiger partial charge on any atom is 0.131 e. The molecule has 0 aliphatic rings. The van der Waals surface area contributed by atoms with E-state index >= 15 is 0 Å². The van der Waals surface area contributed by atoms with Crippen molar-refractivity contribution in [2.45, 2.75) is 0 Å². The standard InChI is InChI=1S/C36H27NO2/c1-5-13-30(14-6-1)37(31-15-7-2-8-16-31)32-23-21-28(22-24-32)29-25-35(38-33-17-9-3-10-18-33)27-36(26-29)39-34-19-11-4-12-20-34/h1-27H. The normalized spacial score (nSPS) is 10.6. The van der Waals surface area contributed by atoms with Crippen molar-refractivity contribution >= 4 is 17.1 Å². The highest BCUT2D eigenvalue weighted by molar-refractivity contribution is 5.78. The Morgan fingerprint density at radius 1 is 0.308 bits per heavy atom. The summed E-state index contributed by atoms with van der Waals surface area (Å²) >= 11 is 0. The lowest BCUT2D eigenvalue weighted by Crippen LogP contribution is -2.09. The second kappa shape index (κ2) is 11.4. The van der Waals surface area contributed by atoms with Gasteiger partial charge in [-0.05, 0) is 83.9 Å². The van der Waals surface area contributed by atoms with Crippen LogP contribution in [0.5, 0.6) is 23.0 Å². The molecule has 0 spiro atoms. The summed E-state index contributed by atoms with van der Waals surface area (Å²) in [4.78, 5) is 2.25. The van der Waals surface area contributed by atoms with Gasteiger partial charge in [-0.15, -0.1) is 0 Å². The Balaban J connectivity index is 1.36. The van der Waals surface area contributed by atoms with Crippen LogP contribution in [0.15, 0.2) is 164 Å². The number of benzene rings is 6. The van der Waals surface area contributed by atoms with Crippen LogP contribution in [-0.4, -0.2) is 0 Å². The molecule has 0 aliphatic carbocycles. The van der Waals surface area contributed by atoms with Crippen molar-refractivity contribution in [1.29, 1.82) is 0 Å². The van der Waals surface area contributed by atoms with Crippen molar-refractivity contribution in [3.8, 4) is 34.1 Å². The molecule has 3 nitrogen and oxygen atoms in total. The average Bonchev–Trinajstić information content (AvgIpc) is 3.00. The minimum Gasteiger partial charge on any atom is -0.457 e. The smallest absolute Gasteiger partial charge is 0.131 e. The van der Waals surface area contributed by atoms with E-state index in [0.29, 0.717) is 11.5 Å². The summed E-state index contributed by atoms with van der Waals surface area (Å²) in [6.07, 6.45) is 0. The number of ether oxygens (including phenoxy) is 2. The number of para-hydroxylation sites is 4. The van der Waals surface area contributed by atoms with Gasteiger partial charge in [0, 0.05) is 23.1 Å². The first-order valence-corrected chi connectivity index (χ1v) is 12.9. The Kier molecular flexibility index (Phi) is 7.04. The van der Waals surface area contributed by atoms with Gasteiger partial charge in [0.15, 0.2) is 0 Å². The summed E-state index contributed by atoms with van der Waals surface area (Å²) in [7, 11) is 0. The lowest BCUT2D eigenvalue weighted by Gasteiger charge is -2.25. The summed E-state index contributed by atoms with van der Waals surface area (Å²) in [5, 5.41) is 0. The summed E-state index contributed by atoms with van der Waals surface area (Å²) in [6.45, 7) is 0. The van der Waals surface area contributed by atoms with Crippen LogP contribution in [0.25, 0.3) is 11.1 Å². The molecule has 0 atom stereocenters. The third kappa shape index (κ3) is 5.84. The number of hydrogen-bond acceptors (Lipinski definition) is 3. The van der Waals surface area contributed by atoms with Crippen LogP contribution in [0.4, 0.5) is 17.1 Å². The van der Waals surface area contributed by atoms with Gasteiger partial charge in [-0.3, -0.25) is 0 Å². The predicted octanol–water partition coefficient (Wildman–Crippen LogP) is 10.4. The minimum absolute atomic E-state index is 0.712. The van der Waals surface area contributed by atoms with E-state index in [-0.39, 0.29) is 0 Å². The van der Waals surface area contributed by atoms with Gasteiger partial charge in [-0.2, -0.15) is 0 Å². The largest absolute Gasteiger partial charge is 0.457 e. The number of anilines is 3. The fourth-order valence-corrected chi connectivity index (χ4v) is 4.51. The molecule has 0 radical (unpaired) electrons. The molecular formula is C36H27NO2. The summed E-state index contributed by atoms with van der Waals surface area (Å²) in [6, 6.07) is 55.0. The highest BCUT2D eigenvalue weighted by atomic mass is 16.5. The summed E-state index contributed by atoms with van der Waals surface area (Å²) < 4.78 is 12.4. The van der Waals surface area contributed by atoms with Gasteiger partial charge in [-0.1, -0.05) is 84.9 Å². The molecule has 0 aromatic heterocycles. The van der Waals surface area contributed by atoms with Crippen molar-refractivity contribution in [2.75, 3.05) is 4.90 Å². The van der Waals surface area contributed by atoms with Crippen molar-refractivity contribution < 1.29 is 9.47 Å². The van der Waals surface area contributed by atoms with E-state index in [1.165, 1.54) is 0 Å². The summed E-state index contributed by atoms with van der Waals surface area (Å²) in [5.74, 6) is 2.97. The highest BCUT2D eigenvalue weighted by Gasteiger charge is 2.13. The lowest BCUT2D eigenvalue weighted by atomic mass is 10.0. The maximum absolute atomic E-state index is 6.21. The third-order valence-electron chi connectivity index (χ3n) is 6.33. The van der Waals surface area contributed by atoms with E-state index in [4.69, 9.17) is 9.47 Å². The molecule has 3 heteroatoms. The van der Waals surface area contributed by atoms with Crippen LogP contribution in [0.1, 0.15) is 0 Å². The second-order valence-electron chi connectivity index (χ2n) is 9.08. The molecule has 0 unspecified atom stereocenters. The van der Waals surface area contributed by atoms with Crippen molar-refractivity contribution in [1.82, 2.24) is 0 Å². The SMILES string of the molecule is c1ccc(Oc2cc(Oc3ccccc3)cc(-c3ccc(N(c4ccccc4)c4ccccc4)cc3)c2)cc1. The van der Waals surface area contributed by atoms with Gasteiger partial charge in [0.05, 0.1) is 0 Å². The molecule has 39 heavy (non-hydrogen) atoms. The molecule has 0 bridgehead atoms. The van der Waals surface area contributed by atoms with Crippen molar-refractivity contribution in [2.24, 2.45) is 0 Å². The Morgan fingerprint density at radius 3 is 1.13 bits per heavy atom. The van der Waals surface area contributed by atoms with Gasteiger partial charge in [0.2, 0.25) is 0 Å². The molecule has 6 aromatic rings. The lowest BCUT2D eigenvalue weighted by molar-refractivity contribution is 0.461. The van der Waals surface area contributed by atoms with Gasteiger partial charge in [0.25, 0.3) is 0 Å². The molecule has 0 saturated heterocycles. The molecule has 0 aliphatic heterocycles. The molecule has 6 rings (SSSR count). The highest BCUT2D eigenvalue weighted by Crippen LogP contribution is 2.38. The van der Waals surface area contributed by atoms with Crippen LogP contribution in [0.3, 0.4) is 0 Å². The molecule has 0 heterocycles. The van der Waals surface area contributed by atoms with E-state index in [0.717, 1.165) is 39.7 Å². The summed E-state index contributed by atoms with van der Waals surface area (Å²) in [5.41, 5.74) is 5.36. The van der Waals surface area contributed by atoms with E-state index in [2.05, 4.69) is 77.7 Å². The first-order chi connectivity index (χ1) is 19.3. The minimum atomic E-state index is 0.712. The van der Waals surface area contributed by atoms with Crippen molar-refractivity contribution in [3.63, 3.8) is 0 Å². The van der Waals surface area contributed by atoms with Crippen LogP contribution in [0, 0.1) is 0 Å². The molecule has 0 fully saturated rings. The fourth-order valence-electron chi connectivity index (χ4n) is 4.51. The topological polar surface area (TPSA) is 21.7 Å². The number of nitrogens with zero attached hydrogens (tertiary/aromatic N) is 1. The zero-order chi connectivity index (χ0) is 26.3. The Morgan fingerprint density at radius 2 is 0.692 bits per heavy atom. The number of rotatable bonds is 8.